The van der Waals surface area contributed by atoms with Gasteiger partial charge >= 0.3 is 0 Å². The van der Waals surface area contributed by atoms with E-state index in [4.69, 9.17) is 21.1 Å². The number of rotatable bonds is 6. The third kappa shape index (κ3) is 3.30. The van der Waals surface area contributed by atoms with Gasteiger partial charge in [0.25, 0.3) is 0 Å². The molecule has 0 bridgehead atoms. The number of hydrogen-bond donors (Lipinski definition) is 0. The standard InChI is InChI=1S/C18H18ClFN4O2/c19-16-15-17(22-11-21-16)24(12-23-15)14-6-7-18(9-20,26-14)10-25-8-13-4-2-1-3-5-13/h1-5,11-12,14H,6-10H2/t14-,18+/m0/s1. The number of alkyl halides is 1. The molecule has 8 heteroatoms. The summed E-state index contributed by atoms with van der Waals surface area (Å²) < 4.78 is 27.4. The molecule has 2 aromatic heterocycles. The largest absolute Gasteiger partial charge is 0.374 e. The van der Waals surface area contributed by atoms with Gasteiger partial charge in [-0.05, 0) is 18.4 Å². The maximum absolute atomic E-state index is 13.8. The van der Waals surface area contributed by atoms with Gasteiger partial charge in [0.05, 0.1) is 19.5 Å². The molecule has 6 nitrogen and oxygen atoms in total. The van der Waals surface area contributed by atoms with Crippen LogP contribution >= 0.6 is 11.6 Å². The highest BCUT2D eigenvalue weighted by molar-refractivity contribution is 6.33. The van der Waals surface area contributed by atoms with Crippen molar-refractivity contribution >= 4 is 22.8 Å². The molecule has 26 heavy (non-hydrogen) atoms. The topological polar surface area (TPSA) is 62.1 Å². The summed E-state index contributed by atoms with van der Waals surface area (Å²) in [6.07, 6.45) is 3.83. The molecule has 0 spiro atoms. The van der Waals surface area contributed by atoms with Crippen LogP contribution in [0.3, 0.4) is 0 Å². The van der Waals surface area contributed by atoms with E-state index in [0.717, 1.165) is 5.56 Å². The second kappa shape index (κ2) is 7.26. The van der Waals surface area contributed by atoms with E-state index in [1.165, 1.54) is 6.33 Å². The van der Waals surface area contributed by atoms with E-state index in [1.54, 1.807) is 10.9 Å². The Hall–Kier alpha value is -2.09. The van der Waals surface area contributed by atoms with Crippen LogP contribution in [-0.2, 0) is 16.1 Å². The molecule has 136 valence electrons. The first-order valence-electron chi connectivity index (χ1n) is 8.39. The van der Waals surface area contributed by atoms with Crippen LogP contribution in [0, 0.1) is 0 Å². The van der Waals surface area contributed by atoms with E-state index in [-0.39, 0.29) is 18.0 Å². The van der Waals surface area contributed by atoms with Crippen LogP contribution in [-0.4, -0.2) is 38.4 Å². The van der Waals surface area contributed by atoms with Gasteiger partial charge in [0, 0.05) is 0 Å². The zero-order chi connectivity index (χ0) is 18.0. The Labute approximate surface area is 154 Å². The number of nitrogens with zero attached hydrogens (tertiary/aromatic N) is 4. The van der Waals surface area contributed by atoms with E-state index in [2.05, 4.69) is 15.0 Å². The van der Waals surface area contributed by atoms with E-state index in [9.17, 15) is 4.39 Å². The minimum absolute atomic E-state index is 0.192. The Morgan fingerprint density at radius 1 is 1.27 bits per heavy atom. The summed E-state index contributed by atoms with van der Waals surface area (Å²) in [6, 6.07) is 9.79. The van der Waals surface area contributed by atoms with Crippen molar-refractivity contribution in [2.75, 3.05) is 13.3 Å². The quantitative estimate of drug-likeness (QED) is 0.614. The predicted molar refractivity (Wildman–Crippen MR) is 94.5 cm³/mol. The summed E-state index contributed by atoms with van der Waals surface area (Å²) >= 11 is 6.04. The summed E-state index contributed by atoms with van der Waals surface area (Å²) in [6.45, 7) is 0.00534. The van der Waals surface area contributed by atoms with Crippen LogP contribution < -0.4 is 0 Å². The van der Waals surface area contributed by atoms with E-state index >= 15 is 0 Å². The van der Waals surface area contributed by atoms with Crippen molar-refractivity contribution in [2.45, 2.75) is 31.3 Å². The summed E-state index contributed by atoms with van der Waals surface area (Å²) in [7, 11) is 0. The molecule has 0 aliphatic carbocycles. The average Bonchev–Trinajstić information content (AvgIpc) is 3.28. The zero-order valence-corrected chi connectivity index (χ0v) is 14.8. The summed E-state index contributed by atoms with van der Waals surface area (Å²) in [5.74, 6) is 0. The maximum atomic E-state index is 13.8. The third-order valence-electron chi connectivity index (χ3n) is 4.58. The van der Waals surface area contributed by atoms with Crippen LogP contribution in [0.4, 0.5) is 4.39 Å². The normalized spacial score (nSPS) is 22.9. The molecule has 4 rings (SSSR count). The Kier molecular flexibility index (Phi) is 4.84. The number of halogens is 2. The van der Waals surface area contributed by atoms with E-state index < -0.39 is 12.3 Å². The van der Waals surface area contributed by atoms with Crippen molar-refractivity contribution in [3.63, 3.8) is 0 Å². The molecule has 0 unspecified atom stereocenters. The molecule has 0 radical (unpaired) electrons. The number of fused-ring (bicyclic) bond motifs is 1. The molecule has 1 aromatic carbocycles. The lowest BCUT2D eigenvalue weighted by molar-refractivity contribution is -0.123. The fourth-order valence-corrected chi connectivity index (χ4v) is 3.37. The fraction of sp³-hybridized carbons (Fsp3) is 0.389. The number of hydrogen-bond acceptors (Lipinski definition) is 5. The van der Waals surface area contributed by atoms with Crippen molar-refractivity contribution < 1.29 is 13.9 Å². The summed E-state index contributed by atoms with van der Waals surface area (Å²) in [5.41, 5.74) is 1.18. The molecule has 0 saturated carbocycles. The minimum Gasteiger partial charge on any atom is -0.374 e. The van der Waals surface area contributed by atoms with Crippen LogP contribution in [0.15, 0.2) is 43.0 Å². The third-order valence-corrected chi connectivity index (χ3v) is 4.85. The van der Waals surface area contributed by atoms with E-state index in [1.807, 2.05) is 30.3 Å². The first-order valence-corrected chi connectivity index (χ1v) is 8.77. The molecule has 3 heterocycles. The second-order valence-corrected chi connectivity index (χ2v) is 6.75. The molecular weight excluding hydrogens is 359 g/mol. The maximum Gasteiger partial charge on any atom is 0.166 e. The van der Waals surface area contributed by atoms with Gasteiger partial charge in [-0.25, -0.2) is 19.3 Å². The van der Waals surface area contributed by atoms with Gasteiger partial charge in [-0.1, -0.05) is 41.9 Å². The Bertz CT molecular complexity index is 891. The molecule has 0 N–H and O–H groups in total. The number of benzene rings is 1. The lowest BCUT2D eigenvalue weighted by Crippen LogP contribution is -2.37. The van der Waals surface area contributed by atoms with Crippen molar-refractivity contribution in [3.8, 4) is 0 Å². The molecule has 3 aromatic rings. The van der Waals surface area contributed by atoms with Crippen molar-refractivity contribution in [1.82, 2.24) is 19.5 Å². The Morgan fingerprint density at radius 3 is 2.92 bits per heavy atom. The molecule has 1 saturated heterocycles. The minimum atomic E-state index is -0.952. The highest BCUT2D eigenvalue weighted by atomic mass is 35.5. The average molecular weight is 377 g/mol. The van der Waals surface area contributed by atoms with Crippen molar-refractivity contribution in [3.05, 3.63) is 53.7 Å². The number of ether oxygens (including phenoxy) is 2. The summed E-state index contributed by atoms with van der Waals surface area (Å²) in [5, 5.41) is 0.287. The zero-order valence-electron chi connectivity index (χ0n) is 14.0. The van der Waals surface area contributed by atoms with Crippen LogP contribution in [0.2, 0.25) is 5.15 Å². The van der Waals surface area contributed by atoms with Gasteiger partial charge in [0.15, 0.2) is 10.8 Å². The Morgan fingerprint density at radius 2 is 2.12 bits per heavy atom. The van der Waals surface area contributed by atoms with E-state index in [0.29, 0.717) is 30.6 Å². The smallest absolute Gasteiger partial charge is 0.166 e. The van der Waals surface area contributed by atoms with Gasteiger partial charge in [-0.2, -0.15) is 0 Å². The van der Waals surface area contributed by atoms with Gasteiger partial charge in [0.2, 0.25) is 0 Å². The van der Waals surface area contributed by atoms with Crippen LogP contribution in [0.1, 0.15) is 24.6 Å². The molecule has 0 amide bonds. The van der Waals surface area contributed by atoms with Gasteiger partial charge < -0.3 is 9.47 Å². The second-order valence-electron chi connectivity index (χ2n) is 6.39. The first-order chi connectivity index (χ1) is 12.7. The molecule has 1 aliphatic rings. The van der Waals surface area contributed by atoms with Crippen LogP contribution in [0.25, 0.3) is 11.2 Å². The van der Waals surface area contributed by atoms with Crippen LogP contribution in [0.5, 0.6) is 0 Å². The lowest BCUT2D eigenvalue weighted by atomic mass is 10.0. The molecule has 2 atom stereocenters. The van der Waals surface area contributed by atoms with Crippen molar-refractivity contribution in [2.24, 2.45) is 0 Å². The number of imidazole rings is 1. The highest BCUT2D eigenvalue weighted by Crippen LogP contribution is 2.38. The Balaban J connectivity index is 1.45. The highest BCUT2D eigenvalue weighted by Gasteiger charge is 2.42. The molecular formula is C18H18ClFN4O2. The number of aromatic nitrogens is 4. The molecule has 1 fully saturated rings. The SMILES string of the molecule is FC[C@@]1(COCc2ccccc2)CC[C@@H](n2cnc3c(Cl)ncnc32)O1. The van der Waals surface area contributed by atoms with Gasteiger partial charge in [0.1, 0.15) is 30.3 Å². The van der Waals surface area contributed by atoms with Gasteiger partial charge in [-0.15, -0.1) is 0 Å². The monoisotopic (exact) mass is 376 g/mol. The summed E-state index contributed by atoms with van der Waals surface area (Å²) in [4.78, 5) is 12.4. The fourth-order valence-electron chi connectivity index (χ4n) is 3.20. The first kappa shape index (κ1) is 17.3. The molecule has 1 aliphatic heterocycles. The lowest BCUT2D eigenvalue weighted by Gasteiger charge is -2.26. The van der Waals surface area contributed by atoms with Crippen molar-refractivity contribution in [1.29, 1.82) is 0 Å². The predicted octanol–water partition coefficient (Wildman–Crippen LogP) is 3.71. The van der Waals surface area contributed by atoms with Gasteiger partial charge in [-0.3, -0.25) is 4.57 Å².